The first-order valence-corrected chi connectivity index (χ1v) is 7.06. The van der Waals surface area contributed by atoms with Crippen molar-refractivity contribution in [2.45, 2.75) is 12.5 Å². The number of ether oxygens (including phenoxy) is 2. The first-order valence-electron chi connectivity index (χ1n) is 7.06. The molecule has 1 heterocycles. The zero-order valence-corrected chi connectivity index (χ0v) is 12.6. The maximum atomic E-state index is 12.4. The molecule has 5 heteroatoms. The van der Waals surface area contributed by atoms with Crippen LogP contribution in [0.25, 0.3) is 0 Å². The van der Waals surface area contributed by atoms with Crippen LogP contribution in [-0.4, -0.2) is 26.2 Å². The zero-order chi connectivity index (χ0) is 15.7. The van der Waals surface area contributed by atoms with Crippen molar-refractivity contribution in [3.05, 3.63) is 48.0 Å². The summed E-state index contributed by atoms with van der Waals surface area (Å²) >= 11 is 0. The van der Waals surface area contributed by atoms with Crippen LogP contribution in [0, 0.1) is 0 Å². The van der Waals surface area contributed by atoms with E-state index in [-0.39, 0.29) is 5.91 Å². The largest absolute Gasteiger partial charge is 0.495 e. The molecule has 1 aliphatic rings. The van der Waals surface area contributed by atoms with Crippen LogP contribution in [-0.2, 0) is 11.2 Å². The second-order valence-electron chi connectivity index (χ2n) is 5.25. The molecule has 22 heavy (non-hydrogen) atoms. The molecular formula is C17H18N2O3. The molecule has 0 aliphatic carbocycles. The second kappa shape index (κ2) is 5.60. The SMILES string of the molecule is COc1ccc(CC2Oc3ccccc3N(C)C2=O)cc1N. The van der Waals surface area contributed by atoms with Gasteiger partial charge in [0.25, 0.3) is 5.91 Å². The number of nitrogens with two attached hydrogens (primary N) is 1. The molecule has 114 valence electrons. The number of nitrogen functional groups attached to an aromatic ring is 1. The van der Waals surface area contributed by atoms with Gasteiger partial charge in [0.1, 0.15) is 11.5 Å². The molecule has 1 unspecified atom stereocenters. The van der Waals surface area contributed by atoms with E-state index in [0.717, 1.165) is 17.0 Å². The quantitative estimate of drug-likeness (QED) is 0.883. The lowest BCUT2D eigenvalue weighted by Crippen LogP contribution is -2.44. The number of nitrogens with zero attached hydrogens (tertiary/aromatic N) is 1. The number of hydrogen-bond acceptors (Lipinski definition) is 4. The molecule has 1 amide bonds. The van der Waals surface area contributed by atoms with Crippen molar-refractivity contribution < 1.29 is 14.3 Å². The third-order valence-corrected chi connectivity index (χ3v) is 3.82. The van der Waals surface area contributed by atoms with E-state index in [1.165, 1.54) is 0 Å². The van der Waals surface area contributed by atoms with E-state index in [0.29, 0.717) is 17.9 Å². The Balaban J connectivity index is 1.84. The average Bonchev–Trinajstić information content (AvgIpc) is 2.52. The Kier molecular flexibility index (Phi) is 3.63. The van der Waals surface area contributed by atoms with Crippen molar-refractivity contribution >= 4 is 17.3 Å². The first kappa shape index (κ1) is 14.3. The summed E-state index contributed by atoms with van der Waals surface area (Å²) in [6.45, 7) is 0. The minimum Gasteiger partial charge on any atom is -0.495 e. The lowest BCUT2D eigenvalue weighted by atomic mass is 10.0. The van der Waals surface area contributed by atoms with E-state index in [4.69, 9.17) is 15.2 Å². The molecule has 0 saturated carbocycles. The van der Waals surface area contributed by atoms with Crippen LogP contribution >= 0.6 is 0 Å². The van der Waals surface area contributed by atoms with Gasteiger partial charge in [0.2, 0.25) is 0 Å². The minimum atomic E-state index is -0.548. The van der Waals surface area contributed by atoms with E-state index < -0.39 is 6.10 Å². The number of amides is 1. The van der Waals surface area contributed by atoms with E-state index in [2.05, 4.69) is 0 Å². The van der Waals surface area contributed by atoms with Crippen molar-refractivity contribution in [1.29, 1.82) is 0 Å². The normalized spacial score (nSPS) is 16.9. The number of carbonyl (C=O) groups excluding carboxylic acids is 1. The number of likely N-dealkylation sites (N-methyl/N-ethyl adjacent to an activating group) is 1. The molecule has 1 aliphatic heterocycles. The fourth-order valence-corrected chi connectivity index (χ4v) is 2.63. The average molecular weight is 298 g/mol. The minimum absolute atomic E-state index is 0.0620. The summed E-state index contributed by atoms with van der Waals surface area (Å²) in [5.41, 5.74) is 8.19. The van der Waals surface area contributed by atoms with E-state index in [1.54, 1.807) is 25.1 Å². The van der Waals surface area contributed by atoms with Crippen molar-refractivity contribution in [3.8, 4) is 11.5 Å². The molecule has 3 rings (SSSR count). The van der Waals surface area contributed by atoms with Gasteiger partial charge in [0, 0.05) is 13.5 Å². The Labute approximate surface area is 129 Å². The second-order valence-corrected chi connectivity index (χ2v) is 5.25. The van der Waals surface area contributed by atoms with Gasteiger partial charge in [-0.25, -0.2) is 0 Å². The van der Waals surface area contributed by atoms with Gasteiger partial charge in [-0.15, -0.1) is 0 Å². The Hall–Kier alpha value is -2.69. The maximum absolute atomic E-state index is 12.4. The van der Waals surface area contributed by atoms with Gasteiger partial charge in [-0.05, 0) is 29.8 Å². The summed E-state index contributed by atoms with van der Waals surface area (Å²) in [6, 6.07) is 13.0. The van der Waals surface area contributed by atoms with Crippen LogP contribution in [0.1, 0.15) is 5.56 Å². The van der Waals surface area contributed by atoms with E-state index in [1.807, 2.05) is 36.4 Å². The molecule has 5 nitrogen and oxygen atoms in total. The Morgan fingerprint density at radius 2 is 2.05 bits per heavy atom. The van der Waals surface area contributed by atoms with Crippen LogP contribution in [0.4, 0.5) is 11.4 Å². The highest BCUT2D eigenvalue weighted by atomic mass is 16.5. The van der Waals surface area contributed by atoms with Gasteiger partial charge in [0.05, 0.1) is 18.5 Å². The van der Waals surface area contributed by atoms with Gasteiger partial charge in [-0.3, -0.25) is 4.79 Å². The Morgan fingerprint density at radius 1 is 1.27 bits per heavy atom. The van der Waals surface area contributed by atoms with Crippen molar-refractivity contribution in [2.75, 3.05) is 24.8 Å². The highest BCUT2D eigenvalue weighted by Gasteiger charge is 2.32. The molecule has 0 saturated heterocycles. The van der Waals surface area contributed by atoms with Gasteiger partial charge in [-0.1, -0.05) is 18.2 Å². The fraction of sp³-hybridized carbons (Fsp3) is 0.235. The number of carbonyl (C=O) groups is 1. The molecule has 0 spiro atoms. The number of fused-ring (bicyclic) bond motifs is 1. The third-order valence-electron chi connectivity index (χ3n) is 3.82. The third kappa shape index (κ3) is 2.45. The predicted molar refractivity (Wildman–Crippen MR) is 85.4 cm³/mol. The summed E-state index contributed by atoms with van der Waals surface area (Å²) < 4.78 is 11.0. The monoisotopic (exact) mass is 298 g/mol. The molecule has 0 radical (unpaired) electrons. The van der Waals surface area contributed by atoms with Gasteiger partial charge in [-0.2, -0.15) is 0 Å². The molecule has 2 aromatic carbocycles. The summed E-state index contributed by atoms with van der Waals surface area (Å²) in [6.07, 6.45) is -0.0844. The number of benzene rings is 2. The van der Waals surface area contributed by atoms with Gasteiger partial charge >= 0.3 is 0 Å². The highest BCUT2D eigenvalue weighted by Crippen LogP contribution is 2.33. The molecule has 0 aromatic heterocycles. The standard InChI is InChI=1S/C17H18N2O3/c1-19-13-5-3-4-6-15(13)22-16(17(19)20)10-11-7-8-14(21-2)12(18)9-11/h3-9,16H,10,18H2,1-2H3. The lowest BCUT2D eigenvalue weighted by molar-refractivity contribution is -0.125. The maximum Gasteiger partial charge on any atom is 0.268 e. The van der Waals surface area contributed by atoms with Gasteiger partial charge in [0.15, 0.2) is 6.10 Å². The van der Waals surface area contributed by atoms with Crippen LogP contribution in [0.15, 0.2) is 42.5 Å². The smallest absolute Gasteiger partial charge is 0.268 e. The first-order chi connectivity index (χ1) is 10.6. The lowest BCUT2D eigenvalue weighted by Gasteiger charge is -2.32. The van der Waals surface area contributed by atoms with Crippen molar-refractivity contribution in [1.82, 2.24) is 0 Å². The Bertz CT molecular complexity index is 715. The highest BCUT2D eigenvalue weighted by molar-refractivity contribution is 5.99. The van der Waals surface area contributed by atoms with Crippen LogP contribution in [0.3, 0.4) is 0 Å². The summed E-state index contributed by atoms with van der Waals surface area (Å²) in [5, 5.41) is 0. The summed E-state index contributed by atoms with van der Waals surface area (Å²) in [5.74, 6) is 1.28. The summed E-state index contributed by atoms with van der Waals surface area (Å²) in [4.78, 5) is 14.1. The molecule has 2 aromatic rings. The molecule has 1 atom stereocenters. The molecular weight excluding hydrogens is 280 g/mol. The number of rotatable bonds is 3. The van der Waals surface area contributed by atoms with Crippen molar-refractivity contribution in [2.24, 2.45) is 0 Å². The van der Waals surface area contributed by atoms with E-state index in [9.17, 15) is 4.79 Å². The molecule has 0 bridgehead atoms. The number of methoxy groups -OCH3 is 1. The number of anilines is 2. The van der Waals surface area contributed by atoms with Crippen LogP contribution in [0.2, 0.25) is 0 Å². The fourth-order valence-electron chi connectivity index (χ4n) is 2.63. The number of hydrogen-bond donors (Lipinski definition) is 1. The zero-order valence-electron chi connectivity index (χ0n) is 12.6. The van der Waals surface area contributed by atoms with E-state index >= 15 is 0 Å². The van der Waals surface area contributed by atoms with Crippen molar-refractivity contribution in [3.63, 3.8) is 0 Å². The topological polar surface area (TPSA) is 64.8 Å². The molecule has 2 N–H and O–H groups in total. The van der Waals surface area contributed by atoms with Crippen LogP contribution in [0.5, 0.6) is 11.5 Å². The van der Waals surface area contributed by atoms with Crippen LogP contribution < -0.4 is 20.1 Å². The molecule has 0 fully saturated rings. The van der Waals surface area contributed by atoms with Gasteiger partial charge < -0.3 is 20.1 Å². The Morgan fingerprint density at radius 3 is 2.77 bits per heavy atom. The predicted octanol–water partition coefficient (Wildman–Crippen LogP) is 2.24. The summed E-state index contributed by atoms with van der Waals surface area (Å²) in [7, 11) is 3.34. The number of para-hydroxylation sites is 2.